The van der Waals surface area contributed by atoms with Gasteiger partial charge in [-0.05, 0) is 5.56 Å². The summed E-state index contributed by atoms with van der Waals surface area (Å²) >= 11 is 0. The van der Waals surface area contributed by atoms with E-state index in [2.05, 4.69) is 0 Å². The molecule has 1 atom stereocenters. The molecule has 9 heteroatoms. The van der Waals surface area contributed by atoms with Crippen molar-refractivity contribution in [2.45, 2.75) is 19.1 Å². The molecule has 0 unspecified atom stereocenters. The van der Waals surface area contributed by atoms with Crippen LogP contribution in [0.15, 0.2) is 42.5 Å². The lowest BCUT2D eigenvalue weighted by atomic mass is 10.1. The van der Waals surface area contributed by atoms with Crippen LogP contribution < -0.4 is 11.1 Å². The minimum absolute atomic E-state index is 0.0691. The van der Waals surface area contributed by atoms with E-state index >= 15 is 0 Å². The fourth-order valence-electron chi connectivity index (χ4n) is 2.18. The SMILES string of the molecule is NC(=O)[C@@H](CC(=O)OCc1ccccc1)NC(=O)c1c(F)cc(F)cc1F. The molecule has 0 fully saturated rings. The van der Waals surface area contributed by atoms with Gasteiger partial charge >= 0.3 is 5.97 Å². The number of carbonyl (C=O) groups is 3. The molecule has 0 aliphatic carbocycles. The second kappa shape index (κ2) is 8.84. The minimum atomic E-state index is -1.57. The van der Waals surface area contributed by atoms with Crippen molar-refractivity contribution in [3.8, 4) is 0 Å². The Morgan fingerprint density at radius 2 is 1.63 bits per heavy atom. The first kappa shape index (κ1) is 20.0. The smallest absolute Gasteiger partial charge is 0.308 e. The third-order valence-electron chi connectivity index (χ3n) is 3.50. The minimum Gasteiger partial charge on any atom is -0.461 e. The van der Waals surface area contributed by atoms with Gasteiger partial charge in [0.1, 0.15) is 35.7 Å². The molecule has 2 aromatic rings. The van der Waals surface area contributed by atoms with E-state index in [9.17, 15) is 27.6 Å². The Morgan fingerprint density at radius 3 is 2.19 bits per heavy atom. The molecule has 0 bridgehead atoms. The zero-order chi connectivity index (χ0) is 20.0. The Balaban J connectivity index is 2.02. The zero-order valence-electron chi connectivity index (χ0n) is 13.9. The number of benzene rings is 2. The molecule has 6 nitrogen and oxygen atoms in total. The van der Waals surface area contributed by atoms with Crippen LogP contribution in [0.4, 0.5) is 13.2 Å². The first-order valence-corrected chi connectivity index (χ1v) is 7.72. The van der Waals surface area contributed by atoms with E-state index < -0.39 is 53.3 Å². The second-order valence-corrected chi connectivity index (χ2v) is 5.52. The molecular weight excluding hydrogens is 365 g/mol. The van der Waals surface area contributed by atoms with Crippen LogP contribution >= 0.6 is 0 Å². The van der Waals surface area contributed by atoms with Gasteiger partial charge in [-0.1, -0.05) is 30.3 Å². The third kappa shape index (κ3) is 5.56. The molecule has 2 aromatic carbocycles. The van der Waals surface area contributed by atoms with E-state index in [-0.39, 0.29) is 6.61 Å². The standard InChI is InChI=1S/C18H15F3N2O4/c19-11-6-12(20)16(13(21)7-11)18(26)23-14(17(22)25)8-15(24)27-9-10-4-2-1-3-5-10/h1-7,14H,8-9H2,(H2,22,25)(H,23,26)/t14-/m1/s1. The molecule has 27 heavy (non-hydrogen) atoms. The fraction of sp³-hybridized carbons (Fsp3) is 0.167. The van der Waals surface area contributed by atoms with E-state index in [1.54, 1.807) is 30.3 Å². The van der Waals surface area contributed by atoms with Gasteiger partial charge in [0.2, 0.25) is 5.91 Å². The van der Waals surface area contributed by atoms with Gasteiger partial charge in [0.25, 0.3) is 5.91 Å². The first-order valence-electron chi connectivity index (χ1n) is 7.72. The van der Waals surface area contributed by atoms with Gasteiger partial charge in [0.05, 0.1) is 6.42 Å². The van der Waals surface area contributed by atoms with Crippen molar-refractivity contribution in [2.24, 2.45) is 5.73 Å². The van der Waals surface area contributed by atoms with E-state index in [4.69, 9.17) is 10.5 Å². The zero-order valence-corrected chi connectivity index (χ0v) is 13.9. The largest absolute Gasteiger partial charge is 0.461 e. The van der Waals surface area contributed by atoms with E-state index in [1.165, 1.54) is 0 Å². The summed E-state index contributed by atoms with van der Waals surface area (Å²) in [6.07, 6.45) is -0.641. The molecule has 0 aliphatic heterocycles. The Kier molecular flexibility index (Phi) is 6.53. The van der Waals surface area contributed by atoms with Gasteiger partial charge in [0, 0.05) is 12.1 Å². The number of hydrogen-bond acceptors (Lipinski definition) is 4. The molecule has 3 N–H and O–H groups in total. The summed E-state index contributed by atoms with van der Waals surface area (Å²) in [4.78, 5) is 35.3. The summed E-state index contributed by atoms with van der Waals surface area (Å²) in [5, 5.41) is 1.95. The average molecular weight is 380 g/mol. The van der Waals surface area contributed by atoms with E-state index in [1.807, 2.05) is 5.32 Å². The Hall–Kier alpha value is -3.36. The molecule has 0 saturated heterocycles. The van der Waals surface area contributed by atoms with Crippen LogP contribution in [0, 0.1) is 17.5 Å². The van der Waals surface area contributed by atoms with Crippen LogP contribution in [0.3, 0.4) is 0 Å². The Labute approximate surface area is 152 Å². The van der Waals surface area contributed by atoms with Gasteiger partial charge in [-0.25, -0.2) is 13.2 Å². The maximum Gasteiger partial charge on any atom is 0.308 e. The number of nitrogens with two attached hydrogens (primary N) is 1. The van der Waals surface area contributed by atoms with Gasteiger partial charge in [-0.15, -0.1) is 0 Å². The fourth-order valence-corrected chi connectivity index (χ4v) is 2.18. The maximum absolute atomic E-state index is 13.6. The number of hydrogen-bond donors (Lipinski definition) is 2. The Morgan fingerprint density at radius 1 is 1.04 bits per heavy atom. The summed E-state index contributed by atoms with van der Waals surface area (Å²) in [6.45, 7) is -0.0691. The third-order valence-corrected chi connectivity index (χ3v) is 3.50. The lowest BCUT2D eigenvalue weighted by Crippen LogP contribution is -2.46. The quantitative estimate of drug-likeness (QED) is 0.716. The monoisotopic (exact) mass is 380 g/mol. The van der Waals surface area contributed by atoms with Gasteiger partial charge in [-0.3, -0.25) is 14.4 Å². The molecular formula is C18H15F3N2O4. The van der Waals surface area contributed by atoms with Gasteiger partial charge < -0.3 is 15.8 Å². The normalized spacial score (nSPS) is 11.5. The van der Waals surface area contributed by atoms with E-state index in [0.29, 0.717) is 17.7 Å². The average Bonchev–Trinajstić information content (AvgIpc) is 2.59. The lowest BCUT2D eigenvalue weighted by molar-refractivity contribution is -0.146. The highest BCUT2D eigenvalue weighted by Gasteiger charge is 2.26. The highest BCUT2D eigenvalue weighted by Crippen LogP contribution is 2.15. The summed E-state index contributed by atoms with van der Waals surface area (Å²) in [6, 6.07) is 7.73. The summed E-state index contributed by atoms with van der Waals surface area (Å²) in [5.74, 6) is -7.45. The first-order chi connectivity index (χ1) is 12.8. The van der Waals surface area contributed by atoms with Crippen molar-refractivity contribution >= 4 is 17.8 Å². The molecule has 2 rings (SSSR count). The molecule has 0 aliphatic rings. The molecule has 142 valence electrons. The number of amides is 2. The van der Waals surface area contributed by atoms with Crippen LogP contribution in [0.5, 0.6) is 0 Å². The number of ether oxygens (including phenoxy) is 1. The lowest BCUT2D eigenvalue weighted by Gasteiger charge is -2.15. The summed E-state index contributed by atoms with van der Waals surface area (Å²) < 4.78 is 45.1. The van der Waals surface area contributed by atoms with Crippen LogP contribution in [0.25, 0.3) is 0 Å². The number of halogens is 3. The predicted octanol–water partition coefficient (Wildman–Crippen LogP) is 1.82. The number of esters is 1. The summed E-state index contributed by atoms with van der Waals surface area (Å²) in [7, 11) is 0. The highest BCUT2D eigenvalue weighted by molar-refractivity contribution is 5.98. The number of rotatable bonds is 7. The van der Waals surface area contributed by atoms with Crippen molar-refractivity contribution in [1.29, 1.82) is 0 Å². The Bertz CT molecular complexity index is 836. The van der Waals surface area contributed by atoms with Crippen molar-refractivity contribution in [3.05, 3.63) is 71.0 Å². The highest BCUT2D eigenvalue weighted by atomic mass is 19.1. The van der Waals surface area contributed by atoms with Crippen LogP contribution in [0.1, 0.15) is 22.3 Å². The molecule has 0 radical (unpaired) electrons. The number of nitrogens with one attached hydrogen (secondary N) is 1. The van der Waals surface area contributed by atoms with Crippen LogP contribution in [-0.2, 0) is 20.9 Å². The second-order valence-electron chi connectivity index (χ2n) is 5.52. The van der Waals surface area contributed by atoms with Gasteiger partial charge in [0.15, 0.2) is 0 Å². The number of carbonyl (C=O) groups excluding carboxylic acids is 3. The molecule has 0 aromatic heterocycles. The predicted molar refractivity (Wildman–Crippen MR) is 87.6 cm³/mol. The topological polar surface area (TPSA) is 98.5 Å². The van der Waals surface area contributed by atoms with E-state index in [0.717, 1.165) is 0 Å². The summed E-state index contributed by atoms with van der Waals surface area (Å²) in [5.41, 5.74) is 4.71. The molecule has 0 spiro atoms. The van der Waals surface area contributed by atoms with Crippen LogP contribution in [-0.4, -0.2) is 23.8 Å². The van der Waals surface area contributed by atoms with Crippen molar-refractivity contribution in [1.82, 2.24) is 5.32 Å². The molecule has 0 heterocycles. The number of primary amides is 1. The van der Waals surface area contributed by atoms with Crippen LogP contribution in [0.2, 0.25) is 0 Å². The van der Waals surface area contributed by atoms with Gasteiger partial charge in [-0.2, -0.15) is 0 Å². The van der Waals surface area contributed by atoms with Crippen molar-refractivity contribution in [3.63, 3.8) is 0 Å². The van der Waals surface area contributed by atoms with Crippen molar-refractivity contribution in [2.75, 3.05) is 0 Å². The maximum atomic E-state index is 13.6. The molecule has 2 amide bonds. The molecule has 0 saturated carbocycles. The van der Waals surface area contributed by atoms with Crippen molar-refractivity contribution < 1.29 is 32.3 Å².